The standard InChI is InChI=1S/C15H19N3O/c1-4-13-14(16)17-9-18-15(13)19-12-7-5-11(6-8-12)10(2)3/h5-10H,4H2,1-3H3,(H2,16,17,18). The van der Waals surface area contributed by atoms with E-state index in [2.05, 4.69) is 35.9 Å². The molecule has 1 heterocycles. The molecular formula is C15H19N3O. The van der Waals surface area contributed by atoms with Gasteiger partial charge in [0.05, 0.1) is 5.56 Å². The van der Waals surface area contributed by atoms with Crippen LogP contribution in [0.2, 0.25) is 0 Å². The monoisotopic (exact) mass is 257 g/mol. The van der Waals surface area contributed by atoms with E-state index in [1.807, 2.05) is 19.1 Å². The molecule has 0 aliphatic rings. The summed E-state index contributed by atoms with van der Waals surface area (Å²) in [6, 6.07) is 8.03. The SMILES string of the molecule is CCc1c(N)ncnc1Oc1ccc(C(C)C)cc1. The van der Waals surface area contributed by atoms with E-state index < -0.39 is 0 Å². The Morgan fingerprint density at radius 1 is 1.16 bits per heavy atom. The molecule has 0 saturated carbocycles. The summed E-state index contributed by atoms with van der Waals surface area (Å²) in [5, 5.41) is 0. The van der Waals surface area contributed by atoms with E-state index in [0.717, 1.165) is 17.7 Å². The number of aromatic nitrogens is 2. The lowest BCUT2D eigenvalue weighted by molar-refractivity contribution is 0.455. The highest BCUT2D eigenvalue weighted by Gasteiger charge is 2.09. The van der Waals surface area contributed by atoms with Gasteiger partial charge in [0.25, 0.3) is 0 Å². The number of nitrogens with zero attached hydrogens (tertiary/aromatic N) is 2. The van der Waals surface area contributed by atoms with Crippen molar-refractivity contribution in [2.45, 2.75) is 33.1 Å². The number of anilines is 1. The van der Waals surface area contributed by atoms with E-state index >= 15 is 0 Å². The lowest BCUT2D eigenvalue weighted by Crippen LogP contribution is -2.01. The first kappa shape index (κ1) is 13.3. The third kappa shape index (κ3) is 3.02. The van der Waals surface area contributed by atoms with Crippen LogP contribution >= 0.6 is 0 Å². The molecule has 100 valence electrons. The lowest BCUT2D eigenvalue weighted by atomic mass is 10.0. The first-order valence-corrected chi connectivity index (χ1v) is 6.49. The molecule has 2 N–H and O–H groups in total. The zero-order chi connectivity index (χ0) is 13.8. The molecule has 4 nitrogen and oxygen atoms in total. The Morgan fingerprint density at radius 3 is 2.42 bits per heavy atom. The van der Waals surface area contributed by atoms with Gasteiger partial charge in [-0.2, -0.15) is 0 Å². The van der Waals surface area contributed by atoms with Gasteiger partial charge in [0.15, 0.2) is 0 Å². The van der Waals surface area contributed by atoms with Crippen LogP contribution in [0.25, 0.3) is 0 Å². The van der Waals surface area contributed by atoms with Crippen molar-refractivity contribution in [2.24, 2.45) is 0 Å². The second-order valence-electron chi connectivity index (χ2n) is 4.72. The average Bonchev–Trinajstić information content (AvgIpc) is 2.39. The van der Waals surface area contributed by atoms with Crippen LogP contribution < -0.4 is 10.5 Å². The van der Waals surface area contributed by atoms with Gasteiger partial charge in [-0.25, -0.2) is 9.97 Å². The van der Waals surface area contributed by atoms with Crippen molar-refractivity contribution in [3.05, 3.63) is 41.7 Å². The Balaban J connectivity index is 2.24. The van der Waals surface area contributed by atoms with Crippen molar-refractivity contribution < 1.29 is 4.74 Å². The average molecular weight is 257 g/mol. The minimum absolute atomic E-state index is 0.478. The summed E-state index contributed by atoms with van der Waals surface area (Å²) in [6.07, 6.45) is 2.17. The van der Waals surface area contributed by atoms with E-state index in [1.54, 1.807) is 0 Å². The molecular weight excluding hydrogens is 238 g/mol. The zero-order valence-corrected chi connectivity index (χ0v) is 11.6. The van der Waals surface area contributed by atoms with Crippen molar-refractivity contribution in [1.29, 1.82) is 0 Å². The molecule has 0 amide bonds. The third-order valence-electron chi connectivity index (χ3n) is 3.05. The molecule has 19 heavy (non-hydrogen) atoms. The van der Waals surface area contributed by atoms with Gasteiger partial charge in [-0.1, -0.05) is 32.9 Å². The number of hydrogen-bond acceptors (Lipinski definition) is 4. The minimum atomic E-state index is 0.478. The second-order valence-corrected chi connectivity index (χ2v) is 4.72. The summed E-state index contributed by atoms with van der Waals surface area (Å²) in [5.74, 6) is 2.28. The Kier molecular flexibility index (Phi) is 4.00. The maximum atomic E-state index is 5.82. The fourth-order valence-electron chi connectivity index (χ4n) is 1.86. The summed E-state index contributed by atoms with van der Waals surface area (Å²) >= 11 is 0. The second kappa shape index (κ2) is 5.69. The van der Waals surface area contributed by atoms with Gasteiger partial charge >= 0.3 is 0 Å². The van der Waals surface area contributed by atoms with Crippen molar-refractivity contribution >= 4 is 5.82 Å². The van der Waals surface area contributed by atoms with Crippen LogP contribution in [-0.2, 0) is 6.42 Å². The lowest BCUT2D eigenvalue weighted by Gasteiger charge is -2.11. The number of benzene rings is 1. The van der Waals surface area contributed by atoms with Gasteiger partial charge in [0.1, 0.15) is 17.9 Å². The number of rotatable bonds is 4. The van der Waals surface area contributed by atoms with Crippen molar-refractivity contribution in [1.82, 2.24) is 9.97 Å². The van der Waals surface area contributed by atoms with E-state index in [4.69, 9.17) is 10.5 Å². The Morgan fingerprint density at radius 2 is 1.84 bits per heavy atom. The van der Waals surface area contributed by atoms with Crippen LogP contribution in [0.5, 0.6) is 11.6 Å². The Labute approximate surface area is 113 Å². The van der Waals surface area contributed by atoms with Crippen LogP contribution in [0.3, 0.4) is 0 Å². The minimum Gasteiger partial charge on any atom is -0.439 e. The number of hydrogen-bond donors (Lipinski definition) is 1. The van der Waals surface area contributed by atoms with Crippen LogP contribution in [0.15, 0.2) is 30.6 Å². The van der Waals surface area contributed by atoms with Gasteiger partial charge in [-0.15, -0.1) is 0 Å². The zero-order valence-electron chi connectivity index (χ0n) is 11.6. The molecule has 0 aliphatic heterocycles. The van der Waals surface area contributed by atoms with E-state index in [0.29, 0.717) is 17.6 Å². The molecule has 2 aromatic rings. The number of ether oxygens (including phenoxy) is 1. The first-order valence-electron chi connectivity index (χ1n) is 6.49. The van der Waals surface area contributed by atoms with Crippen LogP contribution in [0.1, 0.15) is 37.8 Å². The molecule has 2 rings (SSSR count). The highest BCUT2D eigenvalue weighted by atomic mass is 16.5. The van der Waals surface area contributed by atoms with Crippen molar-refractivity contribution in [3.8, 4) is 11.6 Å². The molecule has 0 fully saturated rings. The quantitative estimate of drug-likeness (QED) is 0.910. The molecule has 0 radical (unpaired) electrons. The highest BCUT2D eigenvalue weighted by molar-refractivity contribution is 5.46. The molecule has 4 heteroatoms. The molecule has 0 bridgehead atoms. The van der Waals surface area contributed by atoms with Crippen LogP contribution in [0, 0.1) is 0 Å². The summed E-state index contributed by atoms with van der Waals surface area (Å²) in [5.41, 5.74) is 7.94. The molecule has 1 aromatic heterocycles. The van der Waals surface area contributed by atoms with Gasteiger partial charge in [0, 0.05) is 0 Å². The Hall–Kier alpha value is -2.10. The van der Waals surface area contributed by atoms with Gasteiger partial charge in [0.2, 0.25) is 5.88 Å². The van der Waals surface area contributed by atoms with Crippen LogP contribution in [-0.4, -0.2) is 9.97 Å². The summed E-state index contributed by atoms with van der Waals surface area (Å²) in [4.78, 5) is 8.13. The van der Waals surface area contributed by atoms with E-state index in [9.17, 15) is 0 Å². The molecule has 0 unspecified atom stereocenters. The molecule has 0 saturated heterocycles. The smallest absolute Gasteiger partial charge is 0.227 e. The van der Waals surface area contributed by atoms with Gasteiger partial charge in [-0.05, 0) is 30.0 Å². The van der Waals surface area contributed by atoms with Crippen LogP contribution in [0.4, 0.5) is 5.82 Å². The largest absolute Gasteiger partial charge is 0.439 e. The molecule has 1 aromatic carbocycles. The summed E-state index contributed by atoms with van der Waals surface area (Å²) < 4.78 is 5.78. The van der Waals surface area contributed by atoms with Crippen molar-refractivity contribution in [3.63, 3.8) is 0 Å². The predicted octanol–water partition coefficient (Wildman–Crippen LogP) is 3.54. The fourth-order valence-corrected chi connectivity index (χ4v) is 1.86. The van der Waals surface area contributed by atoms with Gasteiger partial charge in [-0.3, -0.25) is 0 Å². The predicted molar refractivity (Wildman–Crippen MR) is 76.4 cm³/mol. The fraction of sp³-hybridized carbons (Fsp3) is 0.333. The maximum Gasteiger partial charge on any atom is 0.227 e. The number of nitrogens with two attached hydrogens (primary N) is 1. The van der Waals surface area contributed by atoms with E-state index in [-0.39, 0.29) is 0 Å². The maximum absolute atomic E-state index is 5.82. The normalized spacial score (nSPS) is 10.7. The number of nitrogen functional groups attached to an aromatic ring is 1. The van der Waals surface area contributed by atoms with Gasteiger partial charge < -0.3 is 10.5 Å². The summed E-state index contributed by atoms with van der Waals surface area (Å²) in [7, 11) is 0. The third-order valence-corrected chi connectivity index (χ3v) is 3.05. The first-order chi connectivity index (χ1) is 9.11. The van der Waals surface area contributed by atoms with Crippen molar-refractivity contribution in [2.75, 3.05) is 5.73 Å². The molecule has 0 spiro atoms. The topological polar surface area (TPSA) is 61.0 Å². The Bertz CT molecular complexity index is 550. The molecule has 0 aliphatic carbocycles. The van der Waals surface area contributed by atoms with E-state index in [1.165, 1.54) is 11.9 Å². The summed E-state index contributed by atoms with van der Waals surface area (Å²) in [6.45, 7) is 6.33. The highest BCUT2D eigenvalue weighted by Crippen LogP contribution is 2.27. The molecule has 0 atom stereocenters.